The Morgan fingerprint density at radius 1 is 1.29 bits per heavy atom. The molecule has 0 bridgehead atoms. The van der Waals surface area contributed by atoms with Crippen LogP contribution in [0.4, 0.5) is 0 Å². The molecular weight excluding hydrogens is 306 g/mol. The lowest BCUT2D eigenvalue weighted by Gasteiger charge is -2.28. The number of hydrogen-bond acceptors (Lipinski definition) is 6. The maximum atomic E-state index is 6.00. The first-order chi connectivity index (χ1) is 11.7. The molecule has 0 radical (unpaired) electrons. The van der Waals surface area contributed by atoms with Crippen LogP contribution in [0.2, 0.25) is 0 Å². The van der Waals surface area contributed by atoms with E-state index < -0.39 is 0 Å². The third-order valence-corrected chi connectivity index (χ3v) is 5.20. The first-order valence-electron chi connectivity index (χ1n) is 8.90. The Kier molecular flexibility index (Phi) is 4.41. The molecule has 1 saturated heterocycles. The van der Waals surface area contributed by atoms with Crippen molar-refractivity contribution in [2.24, 2.45) is 11.8 Å². The summed E-state index contributed by atoms with van der Waals surface area (Å²) in [5, 5.41) is 7.52. The minimum Gasteiger partial charge on any atom is -0.464 e. The molecule has 1 saturated carbocycles. The second kappa shape index (κ2) is 6.69. The summed E-state index contributed by atoms with van der Waals surface area (Å²) in [4.78, 5) is 4.44. The molecule has 130 valence electrons. The fourth-order valence-electron chi connectivity index (χ4n) is 3.56. The Balaban J connectivity index is 1.44. The molecule has 3 atom stereocenters. The largest absolute Gasteiger partial charge is 0.464 e. The van der Waals surface area contributed by atoms with Gasteiger partial charge in [0.15, 0.2) is 5.82 Å². The number of rotatable bonds is 6. The van der Waals surface area contributed by atoms with Crippen LogP contribution in [0.5, 0.6) is 0 Å². The molecule has 2 aromatic rings. The topological polar surface area (TPSA) is 73.3 Å². The van der Waals surface area contributed by atoms with E-state index in [0.717, 1.165) is 43.5 Å². The molecule has 2 aliphatic rings. The maximum absolute atomic E-state index is 6.00. The van der Waals surface area contributed by atoms with E-state index in [1.165, 1.54) is 6.42 Å². The van der Waals surface area contributed by atoms with Crippen molar-refractivity contribution in [2.45, 2.75) is 51.6 Å². The number of aryl methyl sites for hydroxylation is 1. The van der Waals surface area contributed by atoms with Crippen molar-refractivity contribution >= 4 is 0 Å². The number of nitrogens with zero attached hydrogens (tertiary/aromatic N) is 2. The highest BCUT2D eigenvalue weighted by Gasteiger charge is 2.36. The Morgan fingerprint density at radius 3 is 2.75 bits per heavy atom. The van der Waals surface area contributed by atoms with Gasteiger partial charge in [-0.05, 0) is 50.2 Å². The van der Waals surface area contributed by atoms with Gasteiger partial charge in [-0.15, -0.1) is 0 Å². The number of furan rings is 1. The molecule has 0 aromatic carbocycles. The van der Waals surface area contributed by atoms with E-state index in [9.17, 15) is 0 Å². The van der Waals surface area contributed by atoms with Crippen LogP contribution in [0, 0.1) is 18.8 Å². The van der Waals surface area contributed by atoms with Crippen molar-refractivity contribution in [3.8, 4) is 0 Å². The van der Waals surface area contributed by atoms with Crippen LogP contribution < -0.4 is 5.32 Å². The van der Waals surface area contributed by atoms with Gasteiger partial charge in [0.05, 0.1) is 12.6 Å². The van der Waals surface area contributed by atoms with Gasteiger partial charge in [-0.25, -0.2) is 0 Å². The highest BCUT2D eigenvalue weighted by atomic mass is 16.5. The molecule has 2 fully saturated rings. The molecule has 2 aromatic heterocycles. The molecule has 0 spiro atoms. The zero-order valence-corrected chi connectivity index (χ0v) is 14.3. The lowest BCUT2D eigenvalue weighted by Crippen LogP contribution is -2.32. The highest BCUT2D eigenvalue weighted by molar-refractivity contribution is 5.17. The van der Waals surface area contributed by atoms with E-state index in [2.05, 4.69) is 34.5 Å². The maximum Gasteiger partial charge on any atom is 0.244 e. The van der Waals surface area contributed by atoms with E-state index in [-0.39, 0.29) is 6.04 Å². The van der Waals surface area contributed by atoms with Gasteiger partial charge in [-0.3, -0.25) is 5.32 Å². The third kappa shape index (κ3) is 3.39. The third-order valence-electron chi connectivity index (χ3n) is 5.20. The first-order valence-corrected chi connectivity index (χ1v) is 8.90. The minimum atomic E-state index is 0.0449. The van der Waals surface area contributed by atoms with Crippen LogP contribution in [-0.2, 0) is 11.3 Å². The van der Waals surface area contributed by atoms with E-state index >= 15 is 0 Å². The van der Waals surface area contributed by atoms with Crippen LogP contribution in [0.25, 0.3) is 0 Å². The van der Waals surface area contributed by atoms with Crippen molar-refractivity contribution in [3.63, 3.8) is 0 Å². The van der Waals surface area contributed by atoms with E-state index in [4.69, 9.17) is 13.7 Å². The normalized spacial score (nSPS) is 25.8. The molecule has 4 rings (SSSR count). The van der Waals surface area contributed by atoms with Crippen molar-refractivity contribution < 1.29 is 13.7 Å². The van der Waals surface area contributed by atoms with Crippen LogP contribution in [-0.4, -0.2) is 23.4 Å². The van der Waals surface area contributed by atoms with E-state index in [1.807, 2.05) is 6.92 Å². The Bertz CT molecular complexity index is 675. The van der Waals surface area contributed by atoms with Gasteiger partial charge >= 0.3 is 0 Å². The number of aromatic nitrogens is 2. The van der Waals surface area contributed by atoms with Gasteiger partial charge in [0.1, 0.15) is 11.5 Å². The summed E-state index contributed by atoms with van der Waals surface area (Å²) >= 11 is 0. The molecule has 6 nitrogen and oxygen atoms in total. The van der Waals surface area contributed by atoms with Crippen LogP contribution in [0.3, 0.4) is 0 Å². The summed E-state index contributed by atoms with van der Waals surface area (Å²) in [6.45, 7) is 6.37. The molecule has 3 unspecified atom stereocenters. The predicted molar refractivity (Wildman–Crippen MR) is 87.4 cm³/mol. The summed E-state index contributed by atoms with van der Waals surface area (Å²) in [7, 11) is 0. The molecule has 0 amide bonds. The summed E-state index contributed by atoms with van der Waals surface area (Å²) < 4.78 is 16.9. The SMILES string of the molecule is Cc1noc(C(NCc2ccc(C3CC3C)o2)C2CCOCC2)n1. The number of nitrogens with one attached hydrogen (secondary N) is 1. The zero-order chi connectivity index (χ0) is 16.5. The van der Waals surface area contributed by atoms with Gasteiger partial charge in [-0.2, -0.15) is 4.98 Å². The number of hydrogen-bond donors (Lipinski definition) is 1. The van der Waals surface area contributed by atoms with Gasteiger partial charge in [-0.1, -0.05) is 12.1 Å². The quantitative estimate of drug-likeness (QED) is 0.875. The fourth-order valence-corrected chi connectivity index (χ4v) is 3.56. The monoisotopic (exact) mass is 331 g/mol. The van der Waals surface area contributed by atoms with Crippen LogP contribution in [0.15, 0.2) is 21.1 Å². The molecule has 1 N–H and O–H groups in total. The number of ether oxygens (including phenoxy) is 1. The Morgan fingerprint density at radius 2 is 2.08 bits per heavy atom. The smallest absolute Gasteiger partial charge is 0.244 e. The second-order valence-corrected chi connectivity index (χ2v) is 7.11. The minimum absolute atomic E-state index is 0.0449. The van der Waals surface area contributed by atoms with Crippen molar-refractivity contribution in [2.75, 3.05) is 13.2 Å². The summed E-state index contributed by atoms with van der Waals surface area (Å²) in [6, 6.07) is 4.24. The lowest BCUT2D eigenvalue weighted by atomic mass is 9.91. The summed E-state index contributed by atoms with van der Waals surface area (Å²) in [5.41, 5.74) is 0. The average Bonchev–Trinajstić information content (AvgIpc) is 2.99. The van der Waals surface area contributed by atoms with Crippen molar-refractivity contribution in [1.29, 1.82) is 0 Å². The van der Waals surface area contributed by atoms with Crippen molar-refractivity contribution in [1.82, 2.24) is 15.5 Å². The lowest BCUT2D eigenvalue weighted by molar-refractivity contribution is 0.0482. The summed E-state index contributed by atoms with van der Waals surface area (Å²) in [6.07, 6.45) is 3.25. The Hall–Kier alpha value is -1.66. The molecule has 6 heteroatoms. The molecule has 3 heterocycles. The standard InChI is InChI=1S/C18H25N3O3/c1-11-9-15(11)16-4-3-14(23-16)10-19-17(13-5-7-22-8-6-13)18-20-12(2)21-24-18/h3-4,11,13,15,17,19H,5-10H2,1-2H3. The predicted octanol–water partition coefficient (Wildman–Crippen LogP) is 3.35. The molecule has 1 aliphatic heterocycles. The van der Waals surface area contributed by atoms with Gasteiger partial charge in [0.2, 0.25) is 5.89 Å². The second-order valence-electron chi connectivity index (χ2n) is 7.11. The zero-order valence-electron chi connectivity index (χ0n) is 14.3. The van der Waals surface area contributed by atoms with Crippen molar-refractivity contribution in [3.05, 3.63) is 35.4 Å². The van der Waals surface area contributed by atoms with Gasteiger partial charge in [0, 0.05) is 19.1 Å². The summed E-state index contributed by atoms with van der Waals surface area (Å²) in [5.74, 6) is 5.25. The van der Waals surface area contributed by atoms with Crippen LogP contribution >= 0.6 is 0 Å². The first kappa shape index (κ1) is 15.8. The fraction of sp³-hybridized carbons (Fsp3) is 0.667. The average molecular weight is 331 g/mol. The van der Waals surface area contributed by atoms with Gasteiger partial charge in [0.25, 0.3) is 0 Å². The molecule has 24 heavy (non-hydrogen) atoms. The highest BCUT2D eigenvalue weighted by Crippen LogP contribution is 2.47. The Labute approximate surface area is 141 Å². The molecule has 1 aliphatic carbocycles. The molecular formula is C18H25N3O3. The van der Waals surface area contributed by atoms with Gasteiger partial charge < -0.3 is 13.7 Å². The van der Waals surface area contributed by atoms with E-state index in [0.29, 0.717) is 30.1 Å². The van der Waals surface area contributed by atoms with E-state index in [1.54, 1.807) is 0 Å². The van der Waals surface area contributed by atoms with Crippen LogP contribution in [0.1, 0.15) is 61.4 Å².